The molecule has 2 heterocycles. The molecule has 0 N–H and O–H groups in total. The third kappa shape index (κ3) is 3.74. The van der Waals surface area contributed by atoms with Crippen molar-refractivity contribution in [2.24, 2.45) is 5.92 Å². The zero-order valence-corrected chi connectivity index (χ0v) is 16.4. The molecule has 1 saturated heterocycles. The third-order valence-electron chi connectivity index (χ3n) is 4.65. The smallest absolute Gasteiger partial charge is 0.325 e. The average Bonchev–Trinajstić information content (AvgIpc) is 2.63. The van der Waals surface area contributed by atoms with E-state index in [0.29, 0.717) is 24.7 Å². The molecule has 0 radical (unpaired) electrons. The van der Waals surface area contributed by atoms with Crippen molar-refractivity contribution in [1.82, 2.24) is 4.31 Å². The van der Waals surface area contributed by atoms with Crippen LogP contribution in [0.3, 0.4) is 0 Å². The molecule has 9 heteroatoms. The summed E-state index contributed by atoms with van der Waals surface area (Å²) < 4.78 is 32.2. The van der Waals surface area contributed by atoms with E-state index in [4.69, 9.17) is 0 Å². The molecule has 1 unspecified atom stereocenters. The number of benzene rings is 1. The van der Waals surface area contributed by atoms with Crippen molar-refractivity contribution in [3.8, 4) is 0 Å². The van der Waals surface area contributed by atoms with E-state index in [2.05, 4.69) is 4.74 Å². The Balaban J connectivity index is 1.96. The average molecular weight is 399 g/mol. The summed E-state index contributed by atoms with van der Waals surface area (Å²) in [6, 6.07) is 4.78. The van der Waals surface area contributed by atoms with Crippen molar-refractivity contribution in [2.45, 2.75) is 29.6 Å². The Morgan fingerprint density at radius 3 is 2.85 bits per heavy atom. The minimum absolute atomic E-state index is 0.149. The molecule has 1 atom stereocenters. The molecule has 0 aliphatic carbocycles. The number of sulfonamides is 1. The maximum absolute atomic E-state index is 13.0. The van der Waals surface area contributed by atoms with Gasteiger partial charge in [-0.1, -0.05) is 6.92 Å². The van der Waals surface area contributed by atoms with Crippen LogP contribution < -0.4 is 4.90 Å². The molecule has 2 aliphatic heterocycles. The Bertz CT molecular complexity index is 824. The van der Waals surface area contributed by atoms with Crippen LogP contribution in [0.5, 0.6) is 0 Å². The third-order valence-corrected chi connectivity index (χ3v) is 7.55. The molecular formula is C17H22N2O5S2. The Labute approximate surface area is 157 Å². The fraction of sp³-hybridized carbons (Fsp3) is 0.529. The van der Waals surface area contributed by atoms with E-state index in [1.165, 1.54) is 34.1 Å². The van der Waals surface area contributed by atoms with Crippen molar-refractivity contribution >= 4 is 39.3 Å². The number of carbonyl (C=O) groups is 2. The molecule has 0 aromatic heterocycles. The van der Waals surface area contributed by atoms with Gasteiger partial charge in [-0.05, 0) is 37.0 Å². The van der Waals surface area contributed by atoms with Crippen molar-refractivity contribution in [3.63, 3.8) is 0 Å². The first-order valence-corrected chi connectivity index (χ1v) is 10.9. The van der Waals surface area contributed by atoms with E-state index in [9.17, 15) is 18.0 Å². The van der Waals surface area contributed by atoms with Crippen LogP contribution in [0.4, 0.5) is 5.69 Å². The number of esters is 1. The highest BCUT2D eigenvalue weighted by Crippen LogP contribution is 2.37. The lowest BCUT2D eigenvalue weighted by atomic mass is 10.0. The van der Waals surface area contributed by atoms with E-state index < -0.39 is 16.0 Å². The van der Waals surface area contributed by atoms with Gasteiger partial charge >= 0.3 is 5.97 Å². The second kappa shape index (κ2) is 7.58. The monoisotopic (exact) mass is 398 g/mol. The minimum Gasteiger partial charge on any atom is -0.468 e. The van der Waals surface area contributed by atoms with E-state index >= 15 is 0 Å². The van der Waals surface area contributed by atoms with Gasteiger partial charge in [-0.25, -0.2) is 8.42 Å². The maximum atomic E-state index is 13.0. The van der Waals surface area contributed by atoms with Crippen LogP contribution in [0.15, 0.2) is 28.0 Å². The van der Waals surface area contributed by atoms with Crippen LogP contribution in [-0.2, 0) is 24.3 Å². The molecule has 1 aromatic carbocycles. The summed E-state index contributed by atoms with van der Waals surface area (Å²) in [6.45, 7) is 2.82. The zero-order chi connectivity index (χ0) is 18.9. The lowest BCUT2D eigenvalue weighted by molar-refractivity contribution is -0.139. The number of anilines is 1. The van der Waals surface area contributed by atoms with E-state index in [1.807, 2.05) is 6.92 Å². The molecule has 7 nitrogen and oxygen atoms in total. The zero-order valence-electron chi connectivity index (χ0n) is 14.8. The van der Waals surface area contributed by atoms with Gasteiger partial charge in [0.2, 0.25) is 15.9 Å². The molecule has 26 heavy (non-hydrogen) atoms. The Hall–Kier alpha value is -1.58. The number of rotatable bonds is 4. The van der Waals surface area contributed by atoms with Crippen LogP contribution in [0, 0.1) is 5.92 Å². The standard InChI is InChI=1S/C17H22N2O5S2/c1-12-4-3-7-18(9-12)26(22,23)13-5-6-15-14(8-13)19(10-17(21)24-2)16(20)11-25-15/h5-6,8,12H,3-4,7,9-11H2,1-2H3. The number of carbonyl (C=O) groups excluding carboxylic acids is 2. The first-order chi connectivity index (χ1) is 12.3. The van der Waals surface area contributed by atoms with Gasteiger partial charge in [-0.2, -0.15) is 4.31 Å². The molecule has 0 bridgehead atoms. The maximum Gasteiger partial charge on any atom is 0.325 e. The Morgan fingerprint density at radius 1 is 1.38 bits per heavy atom. The number of hydrogen-bond donors (Lipinski definition) is 0. The number of methoxy groups -OCH3 is 1. The molecule has 142 valence electrons. The molecule has 0 spiro atoms. The predicted octanol–water partition coefficient (Wildman–Crippen LogP) is 1.72. The van der Waals surface area contributed by atoms with Gasteiger partial charge < -0.3 is 4.74 Å². The van der Waals surface area contributed by atoms with Crippen LogP contribution in [-0.4, -0.2) is 57.1 Å². The molecular weight excluding hydrogens is 376 g/mol. The summed E-state index contributed by atoms with van der Waals surface area (Å²) >= 11 is 1.34. The first-order valence-electron chi connectivity index (χ1n) is 8.47. The van der Waals surface area contributed by atoms with Crippen LogP contribution in [0.1, 0.15) is 19.8 Å². The van der Waals surface area contributed by atoms with Gasteiger partial charge in [0.05, 0.1) is 23.4 Å². The largest absolute Gasteiger partial charge is 0.468 e. The second-order valence-corrected chi connectivity index (χ2v) is 9.54. The normalized spacial score (nSPS) is 21.4. The number of fused-ring (bicyclic) bond motifs is 1. The van der Waals surface area contributed by atoms with Crippen molar-refractivity contribution in [2.75, 3.05) is 37.4 Å². The van der Waals surface area contributed by atoms with E-state index in [-0.39, 0.29) is 23.1 Å². The van der Waals surface area contributed by atoms with Gasteiger partial charge in [0.1, 0.15) is 6.54 Å². The van der Waals surface area contributed by atoms with E-state index in [0.717, 1.165) is 17.7 Å². The Kier molecular flexibility index (Phi) is 5.59. The SMILES string of the molecule is COC(=O)CN1C(=O)CSc2ccc(S(=O)(=O)N3CCCC(C)C3)cc21. The number of ether oxygens (including phenoxy) is 1. The highest BCUT2D eigenvalue weighted by Gasteiger charge is 2.32. The topological polar surface area (TPSA) is 84.0 Å². The summed E-state index contributed by atoms with van der Waals surface area (Å²) in [7, 11) is -2.38. The number of thioether (sulfide) groups is 1. The van der Waals surface area contributed by atoms with Crippen molar-refractivity contribution in [1.29, 1.82) is 0 Å². The Morgan fingerprint density at radius 2 is 2.15 bits per heavy atom. The summed E-state index contributed by atoms with van der Waals surface area (Å²) in [6.07, 6.45) is 1.86. The van der Waals surface area contributed by atoms with Gasteiger partial charge in [-0.3, -0.25) is 14.5 Å². The van der Waals surface area contributed by atoms with Gasteiger partial charge in [0.25, 0.3) is 0 Å². The van der Waals surface area contributed by atoms with Crippen LogP contribution in [0.25, 0.3) is 0 Å². The highest BCUT2D eigenvalue weighted by molar-refractivity contribution is 8.00. The quantitative estimate of drug-likeness (QED) is 0.718. The summed E-state index contributed by atoms with van der Waals surface area (Å²) in [5.74, 6) is -0.257. The number of piperidine rings is 1. The number of amides is 1. The summed E-state index contributed by atoms with van der Waals surface area (Å²) in [4.78, 5) is 26.1. The van der Waals surface area contributed by atoms with Crippen molar-refractivity contribution < 1.29 is 22.7 Å². The highest BCUT2D eigenvalue weighted by atomic mass is 32.2. The van der Waals surface area contributed by atoms with Crippen LogP contribution >= 0.6 is 11.8 Å². The number of hydrogen-bond acceptors (Lipinski definition) is 6. The van der Waals surface area contributed by atoms with E-state index in [1.54, 1.807) is 12.1 Å². The molecule has 1 aromatic rings. The van der Waals surface area contributed by atoms with Gasteiger partial charge in [0.15, 0.2) is 0 Å². The predicted molar refractivity (Wildman–Crippen MR) is 98.7 cm³/mol. The summed E-state index contributed by atoms with van der Waals surface area (Å²) in [5.41, 5.74) is 0.447. The molecule has 2 aliphatic rings. The van der Waals surface area contributed by atoms with Gasteiger partial charge in [0, 0.05) is 18.0 Å². The lowest BCUT2D eigenvalue weighted by Crippen LogP contribution is -2.41. The first kappa shape index (κ1) is 19.2. The van der Waals surface area contributed by atoms with Crippen LogP contribution in [0.2, 0.25) is 0 Å². The minimum atomic E-state index is -3.63. The molecule has 3 rings (SSSR count). The lowest BCUT2D eigenvalue weighted by Gasteiger charge is -2.31. The fourth-order valence-corrected chi connectivity index (χ4v) is 5.76. The molecule has 1 fully saturated rings. The number of nitrogens with zero attached hydrogens (tertiary/aromatic N) is 2. The second-order valence-electron chi connectivity index (χ2n) is 6.58. The van der Waals surface area contributed by atoms with Crippen molar-refractivity contribution in [3.05, 3.63) is 18.2 Å². The summed E-state index contributed by atoms with van der Waals surface area (Å²) in [5, 5.41) is 0. The fourth-order valence-electron chi connectivity index (χ4n) is 3.22. The van der Waals surface area contributed by atoms with Gasteiger partial charge in [-0.15, -0.1) is 11.8 Å². The molecule has 1 amide bonds. The molecule has 0 saturated carbocycles.